The molecular weight excluding hydrogens is 126 g/mol. The van der Waals surface area contributed by atoms with E-state index in [1.54, 1.807) is 6.08 Å². The third-order valence-corrected chi connectivity index (χ3v) is 2.60. The Morgan fingerprint density at radius 1 is 1.50 bits per heavy atom. The Bertz CT molecular complexity index is 180. The summed E-state index contributed by atoms with van der Waals surface area (Å²) in [4.78, 5) is 13.3. The zero-order valence-corrected chi connectivity index (χ0v) is 5.92. The summed E-state index contributed by atoms with van der Waals surface area (Å²) in [5, 5.41) is 0. The van der Waals surface area contributed by atoms with Crippen LogP contribution in [0.5, 0.6) is 0 Å². The van der Waals surface area contributed by atoms with Gasteiger partial charge in [0.2, 0.25) is 6.08 Å². The van der Waals surface area contributed by atoms with E-state index in [0.29, 0.717) is 0 Å². The molecule has 0 aliphatic heterocycles. The Labute approximate surface area is 60.3 Å². The van der Waals surface area contributed by atoms with Crippen LogP contribution < -0.4 is 0 Å². The molecule has 0 N–H and O–H groups in total. The van der Waals surface area contributed by atoms with Crippen molar-refractivity contribution < 1.29 is 4.79 Å². The molecule has 2 fully saturated rings. The lowest BCUT2D eigenvalue weighted by Crippen LogP contribution is -1.88. The first-order valence-corrected chi connectivity index (χ1v) is 3.95. The highest BCUT2D eigenvalue weighted by molar-refractivity contribution is 5.33. The topological polar surface area (TPSA) is 29.4 Å². The highest BCUT2D eigenvalue weighted by atomic mass is 16.1. The molecule has 2 aliphatic carbocycles. The summed E-state index contributed by atoms with van der Waals surface area (Å²) >= 11 is 0. The van der Waals surface area contributed by atoms with Crippen LogP contribution in [0.3, 0.4) is 0 Å². The number of aliphatic imine (C=N–C) groups is 1. The molecule has 0 spiro atoms. The number of isocyanates is 1. The maximum absolute atomic E-state index is 9.74. The summed E-state index contributed by atoms with van der Waals surface area (Å²) in [6.07, 6.45) is 5.75. The van der Waals surface area contributed by atoms with E-state index in [2.05, 4.69) is 4.99 Å². The van der Waals surface area contributed by atoms with Gasteiger partial charge in [0.15, 0.2) is 0 Å². The van der Waals surface area contributed by atoms with E-state index in [-0.39, 0.29) is 0 Å². The number of hydrogen-bond donors (Lipinski definition) is 0. The predicted octanol–water partition coefficient (Wildman–Crippen LogP) is 1.37. The van der Waals surface area contributed by atoms with Gasteiger partial charge in [-0.15, -0.1) is 0 Å². The minimum absolute atomic E-state index is 0.741. The van der Waals surface area contributed by atoms with E-state index >= 15 is 0 Å². The quantitative estimate of drug-likeness (QED) is 0.426. The van der Waals surface area contributed by atoms with Gasteiger partial charge in [0, 0.05) is 0 Å². The van der Waals surface area contributed by atoms with Crippen LogP contribution >= 0.6 is 0 Å². The predicted molar refractivity (Wildman–Crippen MR) is 37.3 cm³/mol. The zero-order valence-electron chi connectivity index (χ0n) is 5.92. The first-order chi connectivity index (χ1) is 4.92. The number of nitrogens with zero attached hydrogens (tertiary/aromatic N) is 1. The standard InChI is InChI=1S/C8H11NO/c10-5-9-4-7-3-8(7)6-1-2-6/h6-8H,1-4H2. The second kappa shape index (κ2) is 2.21. The average Bonchev–Trinajstić information content (AvgIpc) is 2.77. The highest BCUT2D eigenvalue weighted by Gasteiger charge is 2.46. The van der Waals surface area contributed by atoms with Crippen LogP contribution in [0, 0.1) is 17.8 Å². The van der Waals surface area contributed by atoms with Crippen molar-refractivity contribution >= 4 is 6.08 Å². The van der Waals surface area contributed by atoms with E-state index in [1.807, 2.05) is 0 Å². The van der Waals surface area contributed by atoms with Crippen LogP contribution in [0.15, 0.2) is 4.99 Å². The van der Waals surface area contributed by atoms with Gasteiger partial charge in [0.05, 0.1) is 6.54 Å². The third-order valence-electron chi connectivity index (χ3n) is 2.60. The van der Waals surface area contributed by atoms with Crippen molar-refractivity contribution in [1.29, 1.82) is 0 Å². The Morgan fingerprint density at radius 2 is 2.30 bits per heavy atom. The van der Waals surface area contributed by atoms with Gasteiger partial charge in [-0.2, -0.15) is 0 Å². The minimum atomic E-state index is 0.741. The van der Waals surface area contributed by atoms with Gasteiger partial charge in [-0.1, -0.05) is 0 Å². The number of rotatable bonds is 3. The molecule has 2 aliphatic rings. The van der Waals surface area contributed by atoms with Crippen LogP contribution in [0.1, 0.15) is 19.3 Å². The van der Waals surface area contributed by atoms with Crippen LogP contribution in [-0.4, -0.2) is 12.6 Å². The third kappa shape index (κ3) is 1.12. The van der Waals surface area contributed by atoms with Crippen LogP contribution in [0.4, 0.5) is 0 Å². The Kier molecular flexibility index (Phi) is 1.35. The molecule has 0 heterocycles. The van der Waals surface area contributed by atoms with E-state index in [1.165, 1.54) is 19.3 Å². The lowest BCUT2D eigenvalue weighted by molar-refractivity contribution is 0.559. The van der Waals surface area contributed by atoms with Gasteiger partial charge >= 0.3 is 0 Å². The monoisotopic (exact) mass is 137 g/mol. The van der Waals surface area contributed by atoms with Crippen molar-refractivity contribution in [1.82, 2.24) is 0 Å². The second-order valence-electron chi connectivity index (χ2n) is 3.43. The molecule has 0 bridgehead atoms. The largest absolute Gasteiger partial charge is 0.234 e. The van der Waals surface area contributed by atoms with Crippen molar-refractivity contribution in [3.63, 3.8) is 0 Å². The van der Waals surface area contributed by atoms with Crippen LogP contribution in [-0.2, 0) is 4.79 Å². The molecular formula is C8H11NO. The van der Waals surface area contributed by atoms with E-state index < -0.39 is 0 Å². The fourth-order valence-corrected chi connectivity index (χ4v) is 1.74. The van der Waals surface area contributed by atoms with Gasteiger partial charge in [-0.3, -0.25) is 0 Å². The fraction of sp³-hybridized carbons (Fsp3) is 0.875. The number of carbonyl (C=O) groups excluding carboxylic acids is 1. The normalized spacial score (nSPS) is 36.8. The molecule has 2 atom stereocenters. The van der Waals surface area contributed by atoms with Crippen LogP contribution in [0.2, 0.25) is 0 Å². The Morgan fingerprint density at radius 3 is 2.90 bits per heavy atom. The molecule has 0 saturated heterocycles. The molecule has 54 valence electrons. The SMILES string of the molecule is O=C=NCC1CC1C1CC1. The molecule has 0 aromatic rings. The molecule has 0 radical (unpaired) electrons. The van der Waals surface area contributed by atoms with Gasteiger partial charge in [0.25, 0.3) is 0 Å². The maximum Gasteiger partial charge on any atom is 0.234 e. The Balaban J connectivity index is 1.73. The highest BCUT2D eigenvalue weighted by Crippen LogP contribution is 2.54. The lowest BCUT2D eigenvalue weighted by Gasteiger charge is -1.88. The molecule has 2 rings (SSSR count). The molecule has 2 saturated carbocycles. The van der Waals surface area contributed by atoms with Gasteiger partial charge in [-0.25, -0.2) is 9.79 Å². The smallest absolute Gasteiger partial charge is 0.211 e. The number of hydrogen-bond acceptors (Lipinski definition) is 2. The first kappa shape index (κ1) is 6.11. The van der Waals surface area contributed by atoms with Crippen molar-refractivity contribution in [2.75, 3.05) is 6.54 Å². The summed E-state index contributed by atoms with van der Waals surface area (Å²) in [6.45, 7) is 0.741. The van der Waals surface area contributed by atoms with E-state index in [9.17, 15) is 4.79 Å². The summed E-state index contributed by atoms with van der Waals surface area (Å²) in [6, 6.07) is 0. The molecule has 2 heteroatoms. The van der Waals surface area contributed by atoms with Crippen molar-refractivity contribution in [3.8, 4) is 0 Å². The molecule has 0 aromatic carbocycles. The van der Waals surface area contributed by atoms with Gasteiger partial charge in [0.1, 0.15) is 0 Å². The summed E-state index contributed by atoms with van der Waals surface area (Å²) in [5.74, 6) is 2.68. The van der Waals surface area contributed by atoms with E-state index in [0.717, 1.165) is 24.3 Å². The summed E-state index contributed by atoms with van der Waals surface area (Å²) in [7, 11) is 0. The average molecular weight is 137 g/mol. The molecule has 10 heavy (non-hydrogen) atoms. The minimum Gasteiger partial charge on any atom is -0.211 e. The summed E-state index contributed by atoms with van der Waals surface area (Å²) < 4.78 is 0. The second-order valence-corrected chi connectivity index (χ2v) is 3.43. The van der Waals surface area contributed by atoms with Crippen LogP contribution in [0.25, 0.3) is 0 Å². The van der Waals surface area contributed by atoms with E-state index in [4.69, 9.17) is 0 Å². The molecule has 0 amide bonds. The molecule has 2 unspecified atom stereocenters. The fourth-order valence-electron chi connectivity index (χ4n) is 1.74. The lowest BCUT2D eigenvalue weighted by atomic mass is 10.2. The van der Waals surface area contributed by atoms with Crippen molar-refractivity contribution in [2.45, 2.75) is 19.3 Å². The molecule has 0 aromatic heterocycles. The molecule has 2 nitrogen and oxygen atoms in total. The first-order valence-electron chi connectivity index (χ1n) is 3.95. The Hall–Kier alpha value is -0.620. The van der Waals surface area contributed by atoms with Crippen molar-refractivity contribution in [2.24, 2.45) is 22.7 Å². The summed E-state index contributed by atoms with van der Waals surface area (Å²) in [5.41, 5.74) is 0. The zero-order chi connectivity index (χ0) is 6.97. The van der Waals surface area contributed by atoms with Crippen molar-refractivity contribution in [3.05, 3.63) is 0 Å². The van der Waals surface area contributed by atoms with Gasteiger partial charge in [-0.05, 0) is 37.0 Å². The van der Waals surface area contributed by atoms with Gasteiger partial charge < -0.3 is 0 Å². The maximum atomic E-state index is 9.74.